The van der Waals surface area contributed by atoms with E-state index in [0.29, 0.717) is 19.8 Å². The molecule has 2 aromatic carbocycles. The van der Waals surface area contributed by atoms with Gasteiger partial charge in [0.15, 0.2) is 0 Å². The maximum atomic E-state index is 12.6. The third-order valence-electron chi connectivity index (χ3n) is 4.97. The SMILES string of the molecule is CC(=O)N(CCC(=O)N(C)c1ccccc1)c1ccccc1N1CCOCC1. The molecule has 0 aliphatic carbocycles. The van der Waals surface area contributed by atoms with Gasteiger partial charge in [0.25, 0.3) is 0 Å². The van der Waals surface area contributed by atoms with Crippen molar-refractivity contribution in [1.29, 1.82) is 0 Å². The van der Waals surface area contributed by atoms with Crippen LogP contribution in [0.3, 0.4) is 0 Å². The first-order chi connectivity index (χ1) is 13.6. The summed E-state index contributed by atoms with van der Waals surface area (Å²) >= 11 is 0. The van der Waals surface area contributed by atoms with E-state index in [1.165, 1.54) is 0 Å². The minimum Gasteiger partial charge on any atom is -0.378 e. The summed E-state index contributed by atoms with van der Waals surface area (Å²) in [7, 11) is 1.76. The zero-order valence-corrected chi connectivity index (χ0v) is 16.5. The molecule has 2 aromatic rings. The van der Waals surface area contributed by atoms with Gasteiger partial charge in [0.05, 0.1) is 24.6 Å². The van der Waals surface area contributed by atoms with E-state index in [-0.39, 0.29) is 18.2 Å². The van der Waals surface area contributed by atoms with Gasteiger partial charge in [0.1, 0.15) is 0 Å². The number of amides is 2. The summed E-state index contributed by atoms with van der Waals surface area (Å²) in [5.41, 5.74) is 2.69. The van der Waals surface area contributed by atoms with Crippen molar-refractivity contribution < 1.29 is 14.3 Å². The second kappa shape index (κ2) is 9.37. The van der Waals surface area contributed by atoms with Crippen molar-refractivity contribution in [2.24, 2.45) is 0 Å². The summed E-state index contributed by atoms with van der Waals surface area (Å²) in [6, 6.07) is 17.4. The van der Waals surface area contributed by atoms with Crippen LogP contribution in [0.2, 0.25) is 0 Å². The zero-order chi connectivity index (χ0) is 19.9. The molecule has 0 unspecified atom stereocenters. The van der Waals surface area contributed by atoms with Gasteiger partial charge in [-0.15, -0.1) is 0 Å². The average Bonchev–Trinajstić information content (AvgIpc) is 2.74. The Labute approximate surface area is 166 Å². The number of para-hydroxylation sites is 3. The lowest BCUT2D eigenvalue weighted by Crippen LogP contribution is -2.39. The van der Waals surface area contributed by atoms with Crippen LogP contribution in [0.1, 0.15) is 13.3 Å². The predicted octanol–water partition coefficient (Wildman–Crippen LogP) is 2.93. The van der Waals surface area contributed by atoms with Crippen LogP contribution in [0, 0.1) is 0 Å². The molecular formula is C22H27N3O3. The molecule has 0 atom stereocenters. The van der Waals surface area contributed by atoms with Crippen LogP contribution >= 0.6 is 0 Å². The van der Waals surface area contributed by atoms with E-state index < -0.39 is 0 Å². The normalized spacial score (nSPS) is 13.9. The first-order valence-corrected chi connectivity index (χ1v) is 9.59. The van der Waals surface area contributed by atoms with E-state index >= 15 is 0 Å². The van der Waals surface area contributed by atoms with E-state index in [4.69, 9.17) is 4.74 Å². The number of morpholine rings is 1. The van der Waals surface area contributed by atoms with Crippen molar-refractivity contribution >= 4 is 28.9 Å². The molecule has 6 heteroatoms. The number of nitrogens with zero attached hydrogens (tertiary/aromatic N) is 3. The Kier molecular flexibility index (Phi) is 6.66. The van der Waals surface area contributed by atoms with Crippen LogP contribution in [0.5, 0.6) is 0 Å². The lowest BCUT2D eigenvalue weighted by molar-refractivity contribution is -0.118. The van der Waals surface area contributed by atoms with E-state index in [1.54, 1.807) is 23.8 Å². The quantitative estimate of drug-likeness (QED) is 0.772. The zero-order valence-electron chi connectivity index (χ0n) is 16.5. The summed E-state index contributed by atoms with van der Waals surface area (Å²) in [4.78, 5) is 30.6. The predicted molar refractivity (Wildman–Crippen MR) is 112 cm³/mol. The summed E-state index contributed by atoms with van der Waals surface area (Å²) in [6.45, 7) is 4.81. The van der Waals surface area contributed by atoms with Crippen LogP contribution in [0.4, 0.5) is 17.1 Å². The molecule has 1 aliphatic heterocycles. The molecule has 0 spiro atoms. The Balaban J connectivity index is 1.74. The van der Waals surface area contributed by atoms with Crippen LogP contribution in [0.15, 0.2) is 54.6 Å². The van der Waals surface area contributed by atoms with Crippen LogP contribution in [0.25, 0.3) is 0 Å². The van der Waals surface area contributed by atoms with Crippen molar-refractivity contribution in [1.82, 2.24) is 0 Å². The molecule has 6 nitrogen and oxygen atoms in total. The molecule has 1 aliphatic rings. The monoisotopic (exact) mass is 381 g/mol. The highest BCUT2D eigenvalue weighted by Gasteiger charge is 2.22. The Morgan fingerprint density at radius 3 is 2.32 bits per heavy atom. The summed E-state index contributed by atoms with van der Waals surface area (Å²) in [5, 5.41) is 0. The number of benzene rings is 2. The van der Waals surface area contributed by atoms with Gasteiger partial charge in [-0.1, -0.05) is 30.3 Å². The number of hydrogen-bond acceptors (Lipinski definition) is 4. The number of carbonyl (C=O) groups is 2. The summed E-state index contributed by atoms with van der Waals surface area (Å²) in [6.07, 6.45) is 0.252. The van der Waals surface area contributed by atoms with Crippen LogP contribution < -0.4 is 14.7 Å². The molecule has 0 N–H and O–H groups in total. The molecule has 0 aromatic heterocycles. The van der Waals surface area contributed by atoms with E-state index in [0.717, 1.165) is 30.2 Å². The van der Waals surface area contributed by atoms with Crippen LogP contribution in [-0.4, -0.2) is 51.7 Å². The van der Waals surface area contributed by atoms with E-state index in [2.05, 4.69) is 4.90 Å². The third kappa shape index (κ3) is 4.70. The van der Waals surface area contributed by atoms with E-state index in [1.807, 2.05) is 54.6 Å². The van der Waals surface area contributed by atoms with Crippen molar-refractivity contribution in [2.45, 2.75) is 13.3 Å². The van der Waals surface area contributed by atoms with Gasteiger partial charge in [-0.3, -0.25) is 9.59 Å². The molecule has 1 saturated heterocycles. The fraction of sp³-hybridized carbons (Fsp3) is 0.364. The summed E-state index contributed by atoms with van der Waals surface area (Å²) < 4.78 is 5.44. The largest absolute Gasteiger partial charge is 0.378 e. The maximum Gasteiger partial charge on any atom is 0.228 e. The second-order valence-corrected chi connectivity index (χ2v) is 6.80. The lowest BCUT2D eigenvalue weighted by Gasteiger charge is -2.33. The molecule has 0 radical (unpaired) electrons. The minimum absolute atomic E-state index is 0.0266. The van der Waals surface area contributed by atoms with Gasteiger partial charge in [0, 0.05) is 45.7 Å². The smallest absolute Gasteiger partial charge is 0.228 e. The van der Waals surface area contributed by atoms with Gasteiger partial charge in [0.2, 0.25) is 11.8 Å². The molecule has 0 bridgehead atoms. The fourth-order valence-corrected chi connectivity index (χ4v) is 3.38. The third-order valence-corrected chi connectivity index (χ3v) is 4.97. The molecular weight excluding hydrogens is 354 g/mol. The van der Waals surface area contributed by atoms with Gasteiger partial charge in [-0.25, -0.2) is 0 Å². The first-order valence-electron chi connectivity index (χ1n) is 9.59. The Morgan fingerprint density at radius 1 is 1.00 bits per heavy atom. The number of hydrogen-bond donors (Lipinski definition) is 0. The van der Waals surface area contributed by atoms with Gasteiger partial charge < -0.3 is 19.4 Å². The number of ether oxygens (including phenoxy) is 1. The van der Waals surface area contributed by atoms with Crippen LogP contribution in [-0.2, 0) is 14.3 Å². The van der Waals surface area contributed by atoms with Gasteiger partial charge in [-0.05, 0) is 24.3 Å². The molecule has 1 fully saturated rings. The molecule has 1 heterocycles. The standard InChI is InChI=1S/C22H27N3O3/c1-18(26)25(13-12-22(27)23(2)19-8-4-3-5-9-19)21-11-7-6-10-20(21)24-14-16-28-17-15-24/h3-11H,12-17H2,1-2H3. The highest BCUT2D eigenvalue weighted by molar-refractivity contribution is 5.97. The maximum absolute atomic E-state index is 12.6. The Morgan fingerprint density at radius 2 is 1.64 bits per heavy atom. The number of carbonyl (C=O) groups excluding carboxylic acids is 2. The molecule has 148 valence electrons. The van der Waals surface area contributed by atoms with Gasteiger partial charge >= 0.3 is 0 Å². The molecule has 0 saturated carbocycles. The molecule has 28 heavy (non-hydrogen) atoms. The van der Waals surface area contributed by atoms with Crippen molar-refractivity contribution in [3.63, 3.8) is 0 Å². The number of anilines is 3. The number of rotatable bonds is 6. The Hall–Kier alpha value is -2.86. The fourth-order valence-electron chi connectivity index (χ4n) is 3.38. The highest BCUT2D eigenvalue weighted by Crippen LogP contribution is 2.30. The minimum atomic E-state index is -0.0733. The van der Waals surface area contributed by atoms with E-state index in [9.17, 15) is 9.59 Å². The summed E-state index contributed by atoms with van der Waals surface area (Å²) in [5.74, 6) is -0.0998. The van der Waals surface area contributed by atoms with Crippen molar-refractivity contribution in [3.05, 3.63) is 54.6 Å². The van der Waals surface area contributed by atoms with Gasteiger partial charge in [-0.2, -0.15) is 0 Å². The van der Waals surface area contributed by atoms with Crippen molar-refractivity contribution in [2.75, 3.05) is 54.6 Å². The average molecular weight is 381 g/mol. The molecule has 3 rings (SSSR count). The molecule has 2 amide bonds. The highest BCUT2D eigenvalue weighted by atomic mass is 16.5. The lowest BCUT2D eigenvalue weighted by atomic mass is 10.2. The first kappa shape index (κ1) is 19.9. The van der Waals surface area contributed by atoms with Crippen molar-refractivity contribution in [3.8, 4) is 0 Å². The topological polar surface area (TPSA) is 53.1 Å². The Bertz CT molecular complexity index is 804. The second-order valence-electron chi connectivity index (χ2n) is 6.80.